The molecule has 0 amide bonds. The van der Waals surface area contributed by atoms with Crippen molar-refractivity contribution in [1.29, 1.82) is 0 Å². The number of hydrogen-bond acceptors (Lipinski definition) is 2. The predicted octanol–water partition coefficient (Wildman–Crippen LogP) is 3.62. The Morgan fingerprint density at radius 2 is 1.78 bits per heavy atom. The van der Waals surface area contributed by atoms with Crippen molar-refractivity contribution in [2.75, 3.05) is 0 Å². The molecule has 2 aromatic carbocycles. The maximum atomic E-state index is 9.63. The van der Waals surface area contributed by atoms with Crippen molar-refractivity contribution >= 4 is 22.8 Å². The van der Waals surface area contributed by atoms with Crippen LogP contribution in [-0.2, 0) is 0 Å². The molecule has 0 unspecified atom stereocenters. The lowest BCUT2D eigenvalue weighted by atomic mass is 10.2. The number of fused-ring (bicyclic) bond motifs is 1. The number of phenolic OH excluding ortho intramolecular Hbond substituents is 1. The van der Waals surface area contributed by atoms with Crippen LogP contribution in [0.1, 0.15) is 5.56 Å². The van der Waals surface area contributed by atoms with Gasteiger partial charge in [0, 0.05) is 28.9 Å². The van der Waals surface area contributed by atoms with E-state index < -0.39 is 0 Å². The summed E-state index contributed by atoms with van der Waals surface area (Å²) in [5, 5.41) is 10.8. The van der Waals surface area contributed by atoms with Gasteiger partial charge in [-0.3, -0.25) is 4.99 Å². The first-order chi connectivity index (χ1) is 8.84. The molecule has 0 spiro atoms. The molecule has 3 aromatic rings. The molecule has 0 aliphatic heterocycles. The first-order valence-electron chi connectivity index (χ1n) is 5.73. The van der Waals surface area contributed by atoms with Crippen molar-refractivity contribution in [3.8, 4) is 5.75 Å². The summed E-state index contributed by atoms with van der Waals surface area (Å²) in [6.45, 7) is 0. The molecule has 0 aliphatic rings. The van der Waals surface area contributed by atoms with Gasteiger partial charge in [-0.05, 0) is 18.2 Å². The summed E-state index contributed by atoms with van der Waals surface area (Å²) in [5.74, 6) is 0.189. The van der Waals surface area contributed by atoms with E-state index in [1.165, 1.54) is 0 Å². The number of aromatic nitrogens is 1. The number of para-hydroxylation sites is 3. The van der Waals surface area contributed by atoms with Gasteiger partial charge in [-0.15, -0.1) is 0 Å². The molecule has 0 aliphatic carbocycles. The van der Waals surface area contributed by atoms with Gasteiger partial charge in [-0.1, -0.05) is 30.3 Å². The molecule has 0 fully saturated rings. The Hall–Kier alpha value is -2.55. The summed E-state index contributed by atoms with van der Waals surface area (Å²) >= 11 is 0. The van der Waals surface area contributed by atoms with E-state index in [-0.39, 0.29) is 5.75 Å². The first kappa shape index (κ1) is 10.6. The number of aromatic amines is 1. The first-order valence-corrected chi connectivity index (χ1v) is 5.73. The highest BCUT2D eigenvalue weighted by Gasteiger charge is 2.00. The Morgan fingerprint density at radius 1 is 1.00 bits per heavy atom. The molecule has 2 N–H and O–H groups in total. The Morgan fingerprint density at radius 3 is 2.67 bits per heavy atom. The Labute approximate surface area is 104 Å². The van der Waals surface area contributed by atoms with Crippen LogP contribution >= 0.6 is 0 Å². The smallest absolute Gasteiger partial charge is 0.141 e. The van der Waals surface area contributed by atoms with Crippen LogP contribution in [0.2, 0.25) is 0 Å². The molecule has 0 saturated carbocycles. The van der Waals surface area contributed by atoms with Gasteiger partial charge in [0.15, 0.2) is 0 Å². The number of benzene rings is 2. The Bertz CT molecular complexity index is 713. The number of aromatic hydroxyl groups is 1. The van der Waals surface area contributed by atoms with Crippen molar-refractivity contribution in [2.24, 2.45) is 4.99 Å². The second kappa shape index (κ2) is 4.37. The molecule has 3 heteroatoms. The van der Waals surface area contributed by atoms with Crippen LogP contribution in [0.4, 0.5) is 5.69 Å². The molecule has 1 heterocycles. The number of H-pyrrole nitrogens is 1. The number of nitrogens with one attached hydrogen (secondary N) is 1. The van der Waals surface area contributed by atoms with Crippen LogP contribution in [-0.4, -0.2) is 16.3 Å². The summed E-state index contributed by atoms with van der Waals surface area (Å²) in [4.78, 5) is 7.49. The molecule has 0 radical (unpaired) electrons. The van der Waals surface area contributed by atoms with Gasteiger partial charge in [0.25, 0.3) is 0 Å². The van der Waals surface area contributed by atoms with Crippen molar-refractivity contribution in [2.45, 2.75) is 0 Å². The molecule has 3 nitrogen and oxygen atoms in total. The average Bonchev–Trinajstić information content (AvgIpc) is 2.81. The zero-order valence-electron chi connectivity index (χ0n) is 9.67. The maximum Gasteiger partial charge on any atom is 0.141 e. The second-order valence-electron chi connectivity index (χ2n) is 4.04. The molecule has 88 valence electrons. The van der Waals surface area contributed by atoms with Crippen LogP contribution in [0.25, 0.3) is 10.9 Å². The summed E-state index contributed by atoms with van der Waals surface area (Å²) in [5.41, 5.74) is 2.66. The quantitative estimate of drug-likeness (QED) is 0.656. The summed E-state index contributed by atoms with van der Waals surface area (Å²) < 4.78 is 0. The van der Waals surface area contributed by atoms with Gasteiger partial charge >= 0.3 is 0 Å². The lowest BCUT2D eigenvalue weighted by Gasteiger charge is -1.96. The van der Waals surface area contributed by atoms with E-state index in [1.807, 2.05) is 36.5 Å². The van der Waals surface area contributed by atoms with Crippen LogP contribution < -0.4 is 0 Å². The van der Waals surface area contributed by atoms with Gasteiger partial charge < -0.3 is 10.1 Å². The van der Waals surface area contributed by atoms with Crippen molar-refractivity contribution in [1.82, 2.24) is 4.98 Å². The third-order valence-corrected chi connectivity index (χ3v) is 2.85. The third-order valence-electron chi connectivity index (χ3n) is 2.85. The van der Waals surface area contributed by atoms with Crippen LogP contribution in [0.15, 0.2) is 59.7 Å². The normalized spacial score (nSPS) is 11.3. The van der Waals surface area contributed by atoms with E-state index in [9.17, 15) is 5.11 Å². The van der Waals surface area contributed by atoms with E-state index in [2.05, 4.69) is 9.98 Å². The third kappa shape index (κ3) is 1.86. The molecular weight excluding hydrogens is 224 g/mol. The second-order valence-corrected chi connectivity index (χ2v) is 4.04. The van der Waals surface area contributed by atoms with Crippen molar-refractivity contribution in [3.63, 3.8) is 0 Å². The van der Waals surface area contributed by atoms with Crippen LogP contribution in [0, 0.1) is 0 Å². The Balaban J connectivity index is 2.00. The molecule has 0 bridgehead atoms. The minimum absolute atomic E-state index is 0.189. The molecule has 0 atom stereocenters. The number of nitrogens with zero attached hydrogens (tertiary/aromatic N) is 1. The zero-order chi connectivity index (χ0) is 12.4. The van der Waals surface area contributed by atoms with Gasteiger partial charge in [-0.2, -0.15) is 0 Å². The highest BCUT2D eigenvalue weighted by Crippen LogP contribution is 2.25. The van der Waals surface area contributed by atoms with E-state index >= 15 is 0 Å². The lowest BCUT2D eigenvalue weighted by molar-refractivity contribution is 0.477. The van der Waals surface area contributed by atoms with Crippen molar-refractivity contribution < 1.29 is 5.11 Å². The minimum atomic E-state index is 0.189. The SMILES string of the molecule is Oc1ccccc1N=Cc1c[nH]c2ccccc12. The van der Waals surface area contributed by atoms with Gasteiger partial charge in [0.1, 0.15) is 11.4 Å². The fraction of sp³-hybridized carbons (Fsp3) is 0. The van der Waals surface area contributed by atoms with Crippen molar-refractivity contribution in [3.05, 3.63) is 60.3 Å². The fourth-order valence-corrected chi connectivity index (χ4v) is 1.91. The average molecular weight is 236 g/mol. The number of hydrogen-bond donors (Lipinski definition) is 2. The van der Waals surface area contributed by atoms with Gasteiger partial charge in [-0.25, -0.2) is 0 Å². The number of aliphatic imine (C=N–C) groups is 1. The van der Waals surface area contributed by atoms with Gasteiger partial charge in [0.05, 0.1) is 0 Å². The lowest BCUT2D eigenvalue weighted by Crippen LogP contribution is -1.77. The predicted molar refractivity (Wildman–Crippen MR) is 73.7 cm³/mol. The summed E-state index contributed by atoms with van der Waals surface area (Å²) in [6, 6.07) is 15.1. The molecule has 1 aromatic heterocycles. The maximum absolute atomic E-state index is 9.63. The van der Waals surface area contributed by atoms with E-state index in [0.29, 0.717) is 5.69 Å². The van der Waals surface area contributed by atoms with Gasteiger partial charge in [0.2, 0.25) is 0 Å². The topological polar surface area (TPSA) is 48.4 Å². The van der Waals surface area contributed by atoms with E-state index in [0.717, 1.165) is 16.5 Å². The van der Waals surface area contributed by atoms with E-state index in [1.54, 1.807) is 24.4 Å². The zero-order valence-corrected chi connectivity index (χ0v) is 9.67. The highest BCUT2D eigenvalue weighted by atomic mass is 16.3. The van der Waals surface area contributed by atoms with Crippen LogP contribution in [0.5, 0.6) is 5.75 Å². The van der Waals surface area contributed by atoms with Crippen LogP contribution in [0.3, 0.4) is 0 Å². The molecule has 3 rings (SSSR count). The van der Waals surface area contributed by atoms with E-state index in [4.69, 9.17) is 0 Å². The Kier molecular flexibility index (Phi) is 2.57. The molecular formula is C15H12N2O. The number of phenols is 1. The minimum Gasteiger partial charge on any atom is -0.506 e. The highest BCUT2D eigenvalue weighted by molar-refractivity contribution is 5.99. The largest absolute Gasteiger partial charge is 0.506 e. The molecule has 0 saturated heterocycles. The summed E-state index contributed by atoms with van der Waals surface area (Å²) in [6.07, 6.45) is 3.67. The molecule has 18 heavy (non-hydrogen) atoms. The fourth-order valence-electron chi connectivity index (χ4n) is 1.91. The monoisotopic (exact) mass is 236 g/mol. The standard InChI is InChI=1S/C15H12N2O/c18-15-8-4-3-7-14(15)17-10-11-9-16-13-6-2-1-5-12(11)13/h1-10,16,18H. The number of rotatable bonds is 2. The summed E-state index contributed by atoms with van der Waals surface area (Å²) in [7, 11) is 0.